The van der Waals surface area contributed by atoms with Crippen molar-refractivity contribution in [1.82, 2.24) is 9.47 Å². The first kappa shape index (κ1) is 19.3. The lowest BCUT2D eigenvalue weighted by atomic mass is 9.96. The third-order valence-electron chi connectivity index (χ3n) is 5.84. The summed E-state index contributed by atoms with van der Waals surface area (Å²) in [7, 11) is 0. The quantitative estimate of drug-likeness (QED) is 0.600. The Labute approximate surface area is 173 Å². The summed E-state index contributed by atoms with van der Waals surface area (Å²) in [6.45, 7) is 9.98. The summed E-state index contributed by atoms with van der Waals surface area (Å²) in [6, 6.07) is 18.9. The topological polar surface area (TPSA) is 37.3 Å². The van der Waals surface area contributed by atoms with Crippen LogP contribution in [0.4, 0.5) is 10.5 Å². The van der Waals surface area contributed by atoms with E-state index < -0.39 is 0 Å². The van der Waals surface area contributed by atoms with Crippen LogP contribution in [0.5, 0.6) is 0 Å². The van der Waals surface area contributed by atoms with E-state index >= 15 is 0 Å². The van der Waals surface area contributed by atoms with Gasteiger partial charge in [0.15, 0.2) is 0 Å². The fourth-order valence-corrected chi connectivity index (χ4v) is 4.16. The van der Waals surface area contributed by atoms with Crippen LogP contribution in [0.2, 0.25) is 0 Å². The van der Waals surface area contributed by atoms with Gasteiger partial charge in [0, 0.05) is 30.7 Å². The number of urea groups is 1. The Morgan fingerprint density at radius 2 is 1.79 bits per heavy atom. The van der Waals surface area contributed by atoms with E-state index in [9.17, 15) is 4.79 Å². The second-order valence-electron chi connectivity index (χ2n) is 8.29. The highest BCUT2D eigenvalue weighted by Crippen LogP contribution is 2.33. The van der Waals surface area contributed by atoms with Gasteiger partial charge in [0.2, 0.25) is 0 Å². The Morgan fingerprint density at radius 3 is 2.48 bits per heavy atom. The number of fused-ring (bicyclic) bond motifs is 1. The summed E-state index contributed by atoms with van der Waals surface area (Å²) < 4.78 is 2.25. The van der Waals surface area contributed by atoms with Crippen LogP contribution in [0.25, 0.3) is 0 Å². The zero-order valence-electron chi connectivity index (χ0n) is 17.6. The van der Waals surface area contributed by atoms with Crippen LogP contribution in [-0.4, -0.2) is 22.0 Å². The van der Waals surface area contributed by atoms with Gasteiger partial charge < -0.3 is 14.8 Å². The largest absolute Gasteiger partial charge is 0.348 e. The molecule has 0 fully saturated rings. The zero-order chi connectivity index (χ0) is 20.5. The number of benzene rings is 2. The maximum atomic E-state index is 13.3. The van der Waals surface area contributed by atoms with Crippen LogP contribution >= 0.6 is 0 Å². The van der Waals surface area contributed by atoms with E-state index in [1.165, 1.54) is 11.1 Å². The van der Waals surface area contributed by atoms with Crippen molar-refractivity contribution < 1.29 is 4.79 Å². The minimum atomic E-state index is -0.0919. The van der Waals surface area contributed by atoms with E-state index in [-0.39, 0.29) is 12.1 Å². The molecule has 0 bridgehead atoms. The molecule has 2 heterocycles. The number of amides is 2. The minimum absolute atomic E-state index is 0.0534. The Bertz CT molecular complexity index is 1020. The van der Waals surface area contributed by atoms with Crippen LogP contribution in [-0.2, 0) is 6.54 Å². The van der Waals surface area contributed by atoms with Crippen molar-refractivity contribution in [3.63, 3.8) is 0 Å². The highest BCUT2D eigenvalue weighted by molar-refractivity contribution is 5.90. The molecule has 0 radical (unpaired) electrons. The highest BCUT2D eigenvalue weighted by atomic mass is 16.2. The van der Waals surface area contributed by atoms with Crippen LogP contribution < -0.4 is 5.32 Å². The fourth-order valence-electron chi connectivity index (χ4n) is 4.16. The predicted molar refractivity (Wildman–Crippen MR) is 118 cm³/mol. The number of aryl methyl sites for hydroxylation is 2. The Kier molecular flexibility index (Phi) is 5.18. The van der Waals surface area contributed by atoms with E-state index in [0.29, 0.717) is 12.5 Å². The molecular formula is C25H29N3O. The van der Waals surface area contributed by atoms with E-state index in [1.54, 1.807) is 0 Å². The third kappa shape index (κ3) is 3.80. The monoisotopic (exact) mass is 387 g/mol. The number of rotatable bonds is 3. The number of carbonyl (C=O) groups is 1. The number of aromatic nitrogens is 1. The molecule has 4 nitrogen and oxygen atoms in total. The molecule has 1 aliphatic rings. The summed E-state index contributed by atoms with van der Waals surface area (Å²) in [4.78, 5) is 15.3. The molecule has 1 atom stereocenters. The Morgan fingerprint density at radius 1 is 1.03 bits per heavy atom. The molecule has 4 heteroatoms. The normalized spacial score (nSPS) is 16.0. The molecule has 29 heavy (non-hydrogen) atoms. The number of carbonyl (C=O) groups excluding carboxylic acids is 1. The smallest absolute Gasteiger partial charge is 0.322 e. The average Bonchev–Trinajstić information content (AvgIpc) is 3.18. The molecule has 150 valence electrons. The average molecular weight is 388 g/mol. The van der Waals surface area contributed by atoms with Crippen LogP contribution in [0.15, 0.2) is 60.8 Å². The van der Waals surface area contributed by atoms with Gasteiger partial charge in [-0.05, 0) is 54.7 Å². The summed E-state index contributed by atoms with van der Waals surface area (Å²) in [5, 5.41) is 3.14. The second-order valence-corrected chi connectivity index (χ2v) is 8.29. The lowest BCUT2D eigenvalue weighted by Crippen LogP contribution is -2.44. The van der Waals surface area contributed by atoms with Crippen LogP contribution in [0.1, 0.15) is 53.8 Å². The lowest BCUT2D eigenvalue weighted by Gasteiger charge is -2.37. The van der Waals surface area contributed by atoms with E-state index in [0.717, 1.165) is 29.1 Å². The lowest BCUT2D eigenvalue weighted by molar-refractivity contribution is 0.182. The SMILES string of the molecule is Cc1ccc(NC(=O)N2CCn3cccc3C2c2ccc(C(C)C)cc2)c(C)c1. The zero-order valence-corrected chi connectivity index (χ0v) is 17.6. The van der Waals surface area contributed by atoms with Crippen LogP contribution in [0.3, 0.4) is 0 Å². The second kappa shape index (κ2) is 7.78. The highest BCUT2D eigenvalue weighted by Gasteiger charge is 2.32. The molecule has 0 aliphatic carbocycles. The number of nitrogens with one attached hydrogen (secondary N) is 1. The van der Waals surface area contributed by atoms with Crippen molar-refractivity contribution in [2.75, 3.05) is 11.9 Å². The van der Waals surface area contributed by atoms with Crippen molar-refractivity contribution in [2.45, 2.75) is 46.2 Å². The van der Waals surface area contributed by atoms with Crippen LogP contribution in [0, 0.1) is 13.8 Å². The van der Waals surface area contributed by atoms with Gasteiger partial charge in [0.25, 0.3) is 0 Å². The standard InChI is InChI=1S/C25H29N3O/c1-17(2)20-8-10-21(11-9-20)24-23-6-5-13-27(23)14-15-28(24)25(29)26-22-12-7-18(3)16-19(22)4/h5-13,16-17,24H,14-15H2,1-4H3,(H,26,29). The molecule has 2 aromatic carbocycles. The molecule has 2 amide bonds. The molecule has 1 unspecified atom stereocenters. The van der Waals surface area contributed by atoms with Gasteiger partial charge in [-0.3, -0.25) is 0 Å². The van der Waals surface area contributed by atoms with Gasteiger partial charge in [0.05, 0.1) is 6.04 Å². The van der Waals surface area contributed by atoms with Crippen molar-refractivity contribution in [2.24, 2.45) is 0 Å². The number of hydrogen-bond acceptors (Lipinski definition) is 1. The maximum Gasteiger partial charge on any atom is 0.322 e. The first-order chi connectivity index (χ1) is 13.9. The van der Waals surface area contributed by atoms with Gasteiger partial charge in [-0.25, -0.2) is 4.79 Å². The Balaban J connectivity index is 1.66. The maximum absolute atomic E-state index is 13.3. The van der Waals surface area contributed by atoms with E-state index in [2.05, 4.69) is 79.3 Å². The summed E-state index contributed by atoms with van der Waals surface area (Å²) in [6.07, 6.45) is 2.10. The number of hydrogen-bond donors (Lipinski definition) is 1. The molecular weight excluding hydrogens is 358 g/mol. The van der Waals surface area contributed by atoms with Gasteiger partial charge in [-0.1, -0.05) is 55.8 Å². The molecule has 0 saturated carbocycles. The van der Waals surface area contributed by atoms with E-state index in [4.69, 9.17) is 0 Å². The molecule has 4 rings (SSSR count). The molecule has 1 N–H and O–H groups in total. The fraction of sp³-hybridized carbons (Fsp3) is 0.320. The molecule has 3 aromatic rings. The summed E-state index contributed by atoms with van der Waals surface area (Å²) in [5.74, 6) is 0.489. The van der Waals surface area contributed by atoms with Gasteiger partial charge in [-0.15, -0.1) is 0 Å². The van der Waals surface area contributed by atoms with Crippen molar-refractivity contribution in [1.29, 1.82) is 0 Å². The van der Waals surface area contributed by atoms with E-state index in [1.807, 2.05) is 24.0 Å². The van der Waals surface area contributed by atoms with Crippen molar-refractivity contribution in [3.8, 4) is 0 Å². The molecule has 1 aliphatic heterocycles. The molecule has 0 saturated heterocycles. The predicted octanol–water partition coefficient (Wildman–Crippen LogP) is 5.87. The molecule has 1 aromatic heterocycles. The van der Waals surface area contributed by atoms with Crippen molar-refractivity contribution in [3.05, 3.63) is 88.7 Å². The summed E-state index contributed by atoms with van der Waals surface area (Å²) in [5.41, 5.74) is 6.76. The number of anilines is 1. The number of nitrogens with zero attached hydrogens (tertiary/aromatic N) is 2. The minimum Gasteiger partial charge on any atom is -0.348 e. The summed E-state index contributed by atoms with van der Waals surface area (Å²) >= 11 is 0. The van der Waals surface area contributed by atoms with Gasteiger partial charge >= 0.3 is 6.03 Å². The third-order valence-corrected chi connectivity index (χ3v) is 5.84. The van der Waals surface area contributed by atoms with Gasteiger partial charge in [-0.2, -0.15) is 0 Å². The Hall–Kier alpha value is -3.01. The first-order valence-corrected chi connectivity index (χ1v) is 10.3. The van der Waals surface area contributed by atoms with Crippen molar-refractivity contribution >= 4 is 11.7 Å². The molecule has 0 spiro atoms. The van der Waals surface area contributed by atoms with Gasteiger partial charge in [0.1, 0.15) is 0 Å². The first-order valence-electron chi connectivity index (χ1n) is 10.3.